The lowest BCUT2D eigenvalue weighted by atomic mass is 10.1. The van der Waals surface area contributed by atoms with Gasteiger partial charge in [-0.15, -0.1) is 36.2 Å². The third-order valence-corrected chi connectivity index (χ3v) is 5.04. The summed E-state index contributed by atoms with van der Waals surface area (Å²) in [5.74, 6) is -0.260. The zero-order valence-electron chi connectivity index (χ0n) is 13.9. The molecule has 1 aliphatic rings. The number of halogens is 3. The van der Waals surface area contributed by atoms with E-state index in [9.17, 15) is 9.18 Å². The summed E-state index contributed by atoms with van der Waals surface area (Å²) in [6.07, 6.45) is 2.52. The van der Waals surface area contributed by atoms with E-state index in [1.54, 1.807) is 17.5 Å². The number of nitrogens with one attached hydrogen (secondary N) is 1. The van der Waals surface area contributed by atoms with Crippen molar-refractivity contribution in [2.24, 2.45) is 0 Å². The number of carbonyl (C=O) groups excluding carboxylic acids is 1. The predicted molar refractivity (Wildman–Crippen MR) is 104 cm³/mol. The Hall–Kier alpha value is -1.21. The van der Waals surface area contributed by atoms with Gasteiger partial charge in [-0.1, -0.05) is 18.2 Å². The minimum absolute atomic E-state index is 0. The molecular formula is C17H22Cl2FN3OS. The molecular weight excluding hydrogens is 384 g/mol. The monoisotopic (exact) mass is 405 g/mol. The average Bonchev–Trinajstić information content (AvgIpc) is 3.05. The average molecular weight is 406 g/mol. The highest BCUT2D eigenvalue weighted by atomic mass is 35.5. The van der Waals surface area contributed by atoms with Crippen LogP contribution in [0.15, 0.2) is 29.6 Å². The Balaban J connectivity index is 0.00000156. The quantitative estimate of drug-likeness (QED) is 0.845. The van der Waals surface area contributed by atoms with E-state index < -0.39 is 0 Å². The molecule has 1 aliphatic heterocycles. The van der Waals surface area contributed by atoms with Gasteiger partial charge in [0, 0.05) is 30.9 Å². The minimum Gasteiger partial charge on any atom is -0.336 e. The first-order valence-corrected chi connectivity index (χ1v) is 8.69. The van der Waals surface area contributed by atoms with Crippen molar-refractivity contribution in [3.8, 4) is 0 Å². The van der Waals surface area contributed by atoms with Gasteiger partial charge in [-0.25, -0.2) is 9.37 Å². The van der Waals surface area contributed by atoms with Crippen LogP contribution in [0.3, 0.4) is 0 Å². The highest BCUT2D eigenvalue weighted by molar-refractivity contribution is 7.09. The Morgan fingerprint density at radius 2 is 2.16 bits per heavy atom. The number of aromatic nitrogens is 1. The van der Waals surface area contributed by atoms with Crippen molar-refractivity contribution in [2.45, 2.75) is 25.3 Å². The lowest BCUT2D eigenvalue weighted by Crippen LogP contribution is -2.47. The maximum atomic E-state index is 13.7. The van der Waals surface area contributed by atoms with Crippen molar-refractivity contribution >= 4 is 42.1 Å². The van der Waals surface area contributed by atoms with Crippen molar-refractivity contribution in [3.63, 3.8) is 0 Å². The number of hydrogen-bond acceptors (Lipinski definition) is 4. The van der Waals surface area contributed by atoms with Gasteiger partial charge in [0.15, 0.2) is 0 Å². The highest BCUT2D eigenvalue weighted by Gasteiger charge is 2.25. The number of likely N-dealkylation sites (N-methyl/N-ethyl adjacent to an activating group) is 1. The van der Waals surface area contributed by atoms with Crippen LogP contribution >= 0.6 is 36.2 Å². The Kier molecular flexibility index (Phi) is 8.79. The van der Waals surface area contributed by atoms with E-state index in [1.807, 2.05) is 18.0 Å². The largest absolute Gasteiger partial charge is 0.336 e. The topological polar surface area (TPSA) is 45.2 Å². The van der Waals surface area contributed by atoms with Crippen LogP contribution in [0.4, 0.5) is 4.39 Å². The van der Waals surface area contributed by atoms with E-state index in [2.05, 4.69) is 10.3 Å². The fourth-order valence-electron chi connectivity index (χ4n) is 2.85. The van der Waals surface area contributed by atoms with Gasteiger partial charge in [-0.05, 0) is 31.5 Å². The van der Waals surface area contributed by atoms with Crippen LogP contribution in [-0.4, -0.2) is 42.0 Å². The van der Waals surface area contributed by atoms with Crippen LogP contribution in [0, 0.1) is 5.82 Å². The number of rotatable bonds is 4. The number of hydrogen-bond donors (Lipinski definition) is 1. The molecule has 0 bridgehead atoms. The summed E-state index contributed by atoms with van der Waals surface area (Å²) >= 11 is 1.41. The molecule has 1 aromatic carbocycles. The maximum Gasteiger partial charge on any atom is 0.273 e. The van der Waals surface area contributed by atoms with Gasteiger partial charge in [-0.3, -0.25) is 4.79 Å². The number of thiazole rings is 1. The predicted octanol–water partition coefficient (Wildman–Crippen LogP) is 3.54. The molecule has 1 unspecified atom stereocenters. The van der Waals surface area contributed by atoms with E-state index in [0.717, 1.165) is 30.9 Å². The second-order valence-corrected chi connectivity index (χ2v) is 6.72. The molecule has 1 atom stereocenters. The minimum atomic E-state index is -0.233. The summed E-state index contributed by atoms with van der Waals surface area (Å²) in [4.78, 5) is 18.8. The summed E-state index contributed by atoms with van der Waals surface area (Å²) in [6.45, 7) is 1.49. The molecule has 2 aromatic rings. The molecule has 1 saturated heterocycles. The van der Waals surface area contributed by atoms with Gasteiger partial charge in [0.05, 0.1) is 5.01 Å². The van der Waals surface area contributed by atoms with Gasteiger partial charge in [0.25, 0.3) is 5.91 Å². The van der Waals surface area contributed by atoms with E-state index in [4.69, 9.17) is 0 Å². The first-order chi connectivity index (χ1) is 11.2. The molecule has 138 valence electrons. The van der Waals surface area contributed by atoms with Crippen molar-refractivity contribution in [2.75, 3.05) is 20.1 Å². The molecule has 1 aromatic heterocycles. The Morgan fingerprint density at radius 3 is 2.88 bits per heavy atom. The van der Waals surface area contributed by atoms with Crippen LogP contribution in [0.5, 0.6) is 0 Å². The molecule has 8 heteroatoms. The first kappa shape index (κ1) is 21.8. The molecule has 0 saturated carbocycles. The number of piperidine rings is 1. The molecule has 1 N–H and O–H groups in total. The van der Waals surface area contributed by atoms with Crippen molar-refractivity contribution in [1.29, 1.82) is 0 Å². The SMILES string of the molecule is CNC1CCCN(C(=O)c2csc(Cc3ccccc3F)n2)C1.Cl.Cl. The number of benzene rings is 1. The first-order valence-electron chi connectivity index (χ1n) is 7.81. The molecule has 25 heavy (non-hydrogen) atoms. The van der Waals surface area contributed by atoms with Crippen LogP contribution in [0.1, 0.15) is 33.9 Å². The normalized spacial score (nSPS) is 16.7. The van der Waals surface area contributed by atoms with Crippen LogP contribution < -0.4 is 5.32 Å². The van der Waals surface area contributed by atoms with E-state index in [0.29, 0.717) is 23.7 Å². The fraction of sp³-hybridized carbons (Fsp3) is 0.412. The third kappa shape index (κ3) is 5.38. The van der Waals surface area contributed by atoms with Crippen LogP contribution in [0.2, 0.25) is 0 Å². The Labute approximate surface area is 163 Å². The van der Waals surface area contributed by atoms with Crippen molar-refractivity contribution in [3.05, 3.63) is 51.7 Å². The molecule has 4 nitrogen and oxygen atoms in total. The molecule has 3 rings (SSSR count). The molecule has 2 heterocycles. The number of nitrogens with zero attached hydrogens (tertiary/aromatic N) is 2. The second kappa shape index (κ2) is 10.1. The highest BCUT2D eigenvalue weighted by Crippen LogP contribution is 2.19. The fourth-order valence-corrected chi connectivity index (χ4v) is 3.65. The van der Waals surface area contributed by atoms with Crippen LogP contribution in [-0.2, 0) is 6.42 Å². The summed E-state index contributed by atoms with van der Waals surface area (Å²) in [7, 11) is 1.92. The second-order valence-electron chi connectivity index (χ2n) is 5.77. The lowest BCUT2D eigenvalue weighted by Gasteiger charge is -2.32. The standard InChI is InChI=1S/C17H20FN3OS.2ClH/c1-19-13-6-4-8-21(10-13)17(22)15-11-23-16(20-15)9-12-5-2-3-7-14(12)18;;/h2-3,5,7,11,13,19H,4,6,8-10H2,1H3;2*1H. The van der Waals surface area contributed by atoms with E-state index in [-0.39, 0.29) is 36.5 Å². The van der Waals surface area contributed by atoms with E-state index in [1.165, 1.54) is 17.4 Å². The van der Waals surface area contributed by atoms with Gasteiger partial charge in [-0.2, -0.15) is 0 Å². The van der Waals surface area contributed by atoms with Crippen molar-refractivity contribution in [1.82, 2.24) is 15.2 Å². The third-order valence-electron chi connectivity index (χ3n) is 4.19. The number of amides is 1. The summed E-state index contributed by atoms with van der Waals surface area (Å²) in [6, 6.07) is 7.03. The molecule has 1 fully saturated rings. The van der Waals surface area contributed by atoms with Gasteiger partial charge < -0.3 is 10.2 Å². The summed E-state index contributed by atoms with van der Waals surface area (Å²) in [5, 5.41) is 5.77. The summed E-state index contributed by atoms with van der Waals surface area (Å²) < 4.78 is 13.7. The molecule has 0 radical (unpaired) electrons. The number of likely N-dealkylation sites (tertiary alicyclic amines) is 1. The van der Waals surface area contributed by atoms with E-state index >= 15 is 0 Å². The molecule has 0 spiro atoms. The van der Waals surface area contributed by atoms with Gasteiger partial charge >= 0.3 is 0 Å². The molecule has 1 amide bonds. The lowest BCUT2D eigenvalue weighted by molar-refractivity contribution is 0.0693. The smallest absolute Gasteiger partial charge is 0.273 e. The van der Waals surface area contributed by atoms with Crippen LogP contribution in [0.25, 0.3) is 0 Å². The Bertz CT molecular complexity index is 698. The van der Waals surface area contributed by atoms with Gasteiger partial charge in [0.2, 0.25) is 0 Å². The zero-order valence-corrected chi connectivity index (χ0v) is 16.4. The zero-order chi connectivity index (χ0) is 16.2. The maximum absolute atomic E-state index is 13.7. The summed E-state index contributed by atoms with van der Waals surface area (Å²) in [5.41, 5.74) is 1.08. The number of carbonyl (C=O) groups is 1. The van der Waals surface area contributed by atoms with Gasteiger partial charge in [0.1, 0.15) is 11.5 Å². The Morgan fingerprint density at radius 1 is 1.40 bits per heavy atom. The molecule has 0 aliphatic carbocycles. The van der Waals surface area contributed by atoms with Crippen molar-refractivity contribution < 1.29 is 9.18 Å².